The smallest absolute Gasteiger partial charge is 0.238 e. The summed E-state index contributed by atoms with van der Waals surface area (Å²) in [6.07, 6.45) is 3.95. The van der Waals surface area contributed by atoms with Crippen LogP contribution in [0, 0.1) is 17.8 Å². The first-order valence-corrected chi connectivity index (χ1v) is 12.9. The van der Waals surface area contributed by atoms with Gasteiger partial charge in [0, 0.05) is 22.6 Å². The maximum absolute atomic E-state index is 13.8. The van der Waals surface area contributed by atoms with Crippen molar-refractivity contribution in [1.82, 2.24) is 0 Å². The lowest BCUT2D eigenvalue weighted by Crippen LogP contribution is -2.39. The Morgan fingerprint density at radius 1 is 1.00 bits per heavy atom. The number of allylic oxidation sites excluding steroid dienone is 6. The minimum Gasteiger partial charge on any atom is -0.504 e. The number of para-hydroxylation sites is 1. The molecule has 2 aromatic rings. The van der Waals surface area contributed by atoms with Gasteiger partial charge in [-0.15, -0.1) is 0 Å². The van der Waals surface area contributed by atoms with Gasteiger partial charge in [0.05, 0.1) is 24.1 Å². The van der Waals surface area contributed by atoms with E-state index in [0.29, 0.717) is 41.0 Å². The number of aromatic hydroxyl groups is 1. The Morgan fingerprint density at radius 3 is 2.50 bits per heavy atom. The Kier molecular flexibility index (Phi) is 5.67. The molecule has 1 saturated heterocycles. The third-order valence-corrected chi connectivity index (χ3v) is 8.20. The standard InChI is InChI=1S/C31H27NO6/c1-3-38-25-14-17(9-12-23(25)33)26-19-10-11-20-27(31(37)32(30(20)36)18-7-5-4-6-8-18)21(19)15-22-24(34)13-16(2)29(35)28(22)26/h4-10,12-14,20-21,26-27,33H,3,11,15H2,1-2H3/t20-,21+,26-,27-/m0/s1. The second kappa shape index (κ2) is 8.94. The molecule has 1 fully saturated rings. The number of phenols is 1. The Bertz CT molecular complexity index is 1500. The van der Waals surface area contributed by atoms with E-state index in [-0.39, 0.29) is 41.3 Å². The quantitative estimate of drug-likeness (QED) is 0.372. The van der Waals surface area contributed by atoms with Crippen molar-refractivity contribution in [2.24, 2.45) is 17.8 Å². The van der Waals surface area contributed by atoms with Gasteiger partial charge in [0.25, 0.3) is 0 Å². The fourth-order valence-corrected chi connectivity index (χ4v) is 6.55. The highest BCUT2D eigenvalue weighted by atomic mass is 16.5. The molecular formula is C31H27NO6. The molecule has 192 valence electrons. The van der Waals surface area contributed by atoms with Gasteiger partial charge in [0.2, 0.25) is 11.8 Å². The van der Waals surface area contributed by atoms with Gasteiger partial charge in [-0.1, -0.05) is 35.9 Å². The third kappa shape index (κ3) is 3.49. The van der Waals surface area contributed by atoms with E-state index in [1.54, 1.807) is 43.3 Å². The number of ether oxygens (including phenoxy) is 1. The molecule has 1 aliphatic heterocycles. The first-order valence-electron chi connectivity index (χ1n) is 12.9. The number of fused-ring (bicyclic) bond motifs is 3. The first kappa shape index (κ1) is 24.1. The van der Waals surface area contributed by atoms with Crippen LogP contribution in [0.15, 0.2) is 83.0 Å². The predicted octanol–water partition coefficient (Wildman–Crippen LogP) is 4.43. The fourth-order valence-electron chi connectivity index (χ4n) is 6.55. The van der Waals surface area contributed by atoms with Crippen LogP contribution in [-0.4, -0.2) is 35.1 Å². The summed E-state index contributed by atoms with van der Waals surface area (Å²) >= 11 is 0. The zero-order chi connectivity index (χ0) is 26.7. The van der Waals surface area contributed by atoms with E-state index < -0.39 is 23.7 Å². The maximum Gasteiger partial charge on any atom is 0.238 e. The van der Waals surface area contributed by atoms with E-state index in [1.807, 2.05) is 19.1 Å². The Morgan fingerprint density at radius 2 is 1.76 bits per heavy atom. The molecule has 4 aliphatic rings. The van der Waals surface area contributed by atoms with Crippen molar-refractivity contribution in [3.63, 3.8) is 0 Å². The van der Waals surface area contributed by atoms with Crippen LogP contribution < -0.4 is 9.64 Å². The lowest BCUT2D eigenvalue weighted by atomic mass is 9.59. The number of phenolic OH excluding ortho intramolecular Hbond substituents is 1. The number of benzene rings is 2. The summed E-state index contributed by atoms with van der Waals surface area (Å²) in [6, 6.07) is 13.8. The number of rotatable bonds is 4. The minimum absolute atomic E-state index is 0.0213. The highest BCUT2D eigenvalue weighted by Gasteiger charge is 2.56. The summed E-state index contributed by atoms with van der Waals surface area (Å²) in [7, 11) is 0. The average Bonchev–Trinajstić information content (AvgIpc) is 3.18. The van der Waals surface area contributed by atoms with Crippen LogP contribution in [0.1, 0.15) is 38.2 Å². The molecule has 6 rings (SSSR count). The molecule has 4 atom stereocenters. The lowest BCUT2D eigenvalue weighted by Gasteiger charge is -2.42. The molecular weight excluding hydrogens is 482 g/mol. The molecule has 1 N–H and O–H groups in total. The van der Waals surface area contributed by atoms with Crippen molar-refractivity contribution < 1.29 is 29.0 Å². The van der Waals surface area contributed by atoms with E-state index in [9.17, 15) is 24.3 Å². The monoisotopic (exact) mass is 509 g/mol. The molecule has 0 spiro atoms. The molecule has 7 heteroatoms. The van der Waals surface area contributed by atoms with Crippen molar-refractivity contribution in [2.75, 3.05) is 11.5 Å². The largest absolute Gasteiger partial charge is 0.504 e. The lowest BCUT2D eigenvalue weighted by molar-refractivity contribution is -0.123. The van der Waals surface area contributed by atoms with Crippen LogP contribution in [0.2, 0.25) is 0 Å². The molecule has 0 saturated carbocycles. The van der Waals surface area contributed by atoms with Crippen LogP contribution in [-0.2, 0) is 19.2 Å². The number of imide groups is 1. The number of amides is 2. The first-order chi connectivity index (χ1) is 18.3. The number of carbonyl (C=O) groups is 4. The Labute approximate surface area is 220 Å². The summed E-state index contributed by atoms with van der Waals surface area (Å²) < 4.78 is 5.62. The number of hydrogen-bond donors (Lipinski definition) is 1. The summed E-state index contributed by atoms with van der Waals surface area (Å²) in [5.74, 6) is -2.81. The van der Waals surface area contributed by atoms with Crippen LogP contribution in [0.4, 0.5) is 5.69 Å². The number of nitrogens with zero attached hydrogens (tertiary/aromatic N) is 1. The second-order valence-electron chi connectivity index (χ2n) is 10.2. The highest BCUT2D eigenvalue weighted by molar-refractivity contribution is 6.25. The van der Waals surface area contributed by atoms with Gasteiger partial charge in [-0.3, -0.25) is 24.1 Å². The predicted molar refractivity (Wildman–Crippen MR) is 140 cm³/mol. The third-order valence-electron chi connectivity index (χ3n) is 8.20. The molecule has 3 aliphatic carbocycles. The van der Waals surface area contributed by atoms with Gasteiger partial charge in [0.15, 0.2) is 23.1 Å². The van der Waals surface area contributed by atoms with Gasteiger partial charge in [-0.2, -0.15) is 0 Å². The normalized spacial score (nSPS) is 26.5. The van der Waals surface area contributed by atoms with E-state index in [0.717, 1.165) is 5.57 Å². The minimum atomic E-state index is -0.627. The molecule has 0 radical (unpaired) electrons. The number of Topliss-reactive ketones (excluding diaryl/α,β-unsaturated/α-hetero) is 1. The maximum atomic E-state index is 13.8. The van der Waals surface area contributed by atoms with Crippen molar-refractivity contribution in [3.8, 4) is 11.5 Å². The van der Waals surface area contributed by atoms with Gasteiger partial charge in [-0.25, -0.2) is 0 Å². The average molecular weight is 510 g/mol. The highest BCUT2D eigenvalue weighted by Crippen LogP contribution is 2.55. The molecule has 38 heavy (non-hydrogen) atoms. The topological polar surface area (TPSA) is 101 Å². The van der Waals surface area contributed by atoms with E-state index in [2.05, 4.69) is 0 Å². The molecule has 2 aromatic carbocycles. The van der Waals surface area contributed by atoms with Crippen LogP contribution in [0.5, 0.6) is 11.5 Å². The van der Waals surface area contributed by atoms with Crippen molar-refractivity contribution in [3.05, 3.63) is 88.5 Å². The van der Waals surface area contributed by atoms with Crippen molar-refractivity contribution >= 4 is 29.1 Å². The molecule has 0 bridgehead atoms. The summed E-state index contributed by atoms with van der Waals surface area (Å²) in [5, 5.41) is 10.3. The Balaban J connectivity index is 1.50. The van der Waals surface area contributed by atoms with Gasteiger partial charge >= 0.3 is 0 Å². The van der Waals surface area contributed by atoms with Crippen LogP contribution in [0.25, 0.3) is 0 Å². The second-order valence-corrected chi connectivity index (χ2v) is 10.2. The summed E-state index contributed by atoms with van der Waals surface area (Å²) in [6.45, 7) is 3.79. The molecule has 2 amide bonds. The Hall–Kier alpha value is -4.26. The fraction of sp³-hybridized carbons (Fsp3) is 0.290. The number of anilines is 1. The molecule has 0 unspecified atom stereocenters. The van der Waals surface area contributed by atoms with Gasteiger partial charge < -0.3 is 9.84 Å². The number of ketones is 2. The van der Waals surface area contributed by atoms with Crippen LogP contribution in [0.3, 0.4) is 0 Å². The number of hydrogen-bond acceptors (Lipinski definition) is 6. The molecule has 0 aromatic heterocycles. The molecule has 1 heterocycles. The van der Waals surface area contributed by atoms with E-state index in [4.69, 9.17) is 4.74 Å². The number of carbonyl (C=O) groups excluding carboxylic acids is 4. The summed E-state index contributed by atoms with van der Waals surface area (Å²) in [4.78, 5) is 55.3. The zero-order valence-corrected chi connectivity index (χ0v) is 21.1. The molecule has 7 nitrogen and oxygen atoms in total. The van der Waals surface area contributed by atoms with Crippen LogP contribution >= 0.6 is 0 Å². The summed E-state index contributed by atoms with van der Waals surface area (Å²) in [5.41, 5.74) is 3.29. The van der Waals surface area contributed by atoms with Gasteiger partial charge in [-0.05, 0) is 68.5 Å². The van der Waals surface area contributed by atoms with Gasteiger partial charge in [0.1, 0.15) is 0 Å². The van der Waals surface area contributed by atoms with E-state index in [1.165, 1.54) is 17.0 Å². The van der Waals surface area contributed by atoms with Crippen molar-refractivity contribution in [2.45, 2.75) is 32.6 Å². The zero-order valence-electron chi connectivity index (χ0n) is 21.1. The van der Waals surface area contributed by atoms with E-state index >= 15 is 0 Å². The van der Waals surface area contributed by atoms with Crippen molar-refractivity contribution in [1.29, 1.82) is 0 Å². The SMILES string of the molecule is CCOc1cc([C@H]2C3=CC[C@@H]4C(=O)N(c5ccccc5)C(=O)[C@@H]4[C@@H]3CC3=C2C(=O)C(C)=CC3=O)ccc1O.